The highest BCUT2D eigenvalue weighted by molar-refractivity contribution is 14.0. The van der Waals surface area contributed by atoms with Crippen molar-refractivity contribution in [2.45, 2.75) is 19.4 Å². The summed E-state index contributed by atoms with van der Waals surface area (Å²) in [5.41, 5.74) is 0. The average Bonchev–Trinajstić information content (AvgIpc) is 2.65. The first-order valence-electron chi connectivity index (χ1n) is 8.88. The summed E-state index contributed by atoms with van der Waals surface area (Å²) in [4.78, 5) is 6.66. The van der Waals surface area contributed by atoms with E-state index in [9.17, 15) is 0 Å². The second-order valence-electron chi connectivity index (χ2n) is 5.91. The first-order valence-corrected chi connectivity index (χ1v) is 9.26. The van der Waals surface area contributed by atoms with Crippen LogP contribution in [0.5, 0.6) is 5.75 Å². The van der Waals surface area contributed by atoms with Crippen LogP contribution in [0.4, 0.5) is 0 Å². The van der Waals surface area contributed by atoms with Crippen molar-refractivity contribution in [2.75, 3.05) is 53.0 Å². The highest BCUT2D eigenvalue weighted by Crippen LogP contribution is 2.24. The van der Waals surface area contributed by atoms with Crippen molar-refractivity contribution in [1.82, 2.24) is 15.5 Å². The molecule has 0 radical (unpaired) electrons. The molecular formula is C18H30ClIN4O2. The number of benzene rings is 1. The lowest BCUT2D eigenvalue weighted by Crippen LogP contribution is -2.46. The number of guanidine groups is 1. The zero-order chi connectivity index (χ0) is 17.9. The van der Waals surface area contributed by atoms with Gasteiger partial charge in [-0.1, -0.05) is 30.7 Å². The van der Waals surface area contributed by atoms with Crippen LogP contribution >= 0.6 is 35.6 Å². The molecular weight excluding hydrogens is 467 g/mol. The van der Waals surface area contributed by atoms with E-state index in [1.54, 1.807) is 7.05 Å². The van der Waals surface area contributed by atoms with E-state index in [-0.39, 0.29) is 30.1 Å². The molecule has 0 aliphatic carbocycles. The molecule has 148 valence electrons. The summed E-state index contributed by atoms with van der Waals surface area (Å²) in [6, 6.07) is 7.55. The maximum Gasteiger partial charge on any atom is 0.191 e. The van der Waals surface area contributed by atoms with Crippen LogP contribution < -0.4 is 15.4 Å². The molecule has 2 rings (SSSR count). The summed E-state index contributed by atoms with van der Waals surface area (Å²) < 4.78 is 11.4. The summed E-state index contributed by atoms with van der Waals surface area (Å²) in [5, 5.41) is 7.30. The van der Waals surface area contributed by atoms with E-state index in [4.69, 9.17) is 21.1 Å². The number of ether oxygens (including phenoxy) is 2. The molecule has 1 atom stereocenters. The Morgan fingerprint density at radius 2 is 2.04 bits per heavy atom. The zero-order valence-electron chi connectivity index (χ0n) is 15.5. The molecule has 1 aliphatic heterocycles. The van der Waals surface area contributed by atoms with Gasteiger partial charge in [0.15, 0.2) is 5.96 Å². The van der Waals surface area contributed by atoms with E-state index >= 15 is 0 Å². The van der Waals surface area contributed by atoms with Gasteiger partial charge in [0, 0.05) is 33.2 Å². The number of nitrogens with one attached hydrogen (secondary N) is 2. The first kappa shape index (κ1) is 23.3. The maximum absolute atomic E-state index is 6.16. The van der Waals surface area contributed by atoms with Crippen molar-refractivity contribution in [3.63, 3.8) is 0 Å². The zero-order valence-corrected chi connectivity index (χ0v) is 18.6. The van der Waals surface area contributed by atoms with Crippen molar-refractivity contribution < 1.29 is 9.47 Å². The van der Waals surface area contributed by atoms with Crippen molar-refractivity contribution >= 4 is 41.5 Å². The van der Waals surface area contributed by atoms with Gasteiger partial charge >= 0.3 is 0 Å². The number of hydrogen-bond donors (Lipinski definition) is 2. The highest BCUT2D eigenvalue weighted by Gasteiger charge is 2.12. The molecule has 1 heterocycles. The van der Waals surface area contributed by atoms with Crippen LogP contribution in [0.2, 0.25) is 5.02 Å². The van der Waals surface area contributed by atoms with Crippen LogP contribution in [0, 0.1) is 0 Å². The van der Waals surface area contributed by atoms with Gasteiger partial charge in [-0.05, 0) is 18.6 Å². The summed E-state index contributed by atoms with van der Waals surface area (Å²) in [6.45, 7) is 8.24. The molecule has 6 nitrogen and oxygen atoms in total. The average molecular weight is 497 g/mol. The maximum atomic E-state index is 6.16. The lowest BCUT2D eigenvalue weighted by Gasteiger charge is -2.27. The Kier molecular flexibility index (Phi) is 12.0. The third-order valence-electron chi connectivity index (χ3n) is 4.13. The molecule has 1 aromatic carbocycles. The predicted octanol–water partition coefficient (Wildman–Crippen LogP) is 2.61. The van der Waals surface area contributed by atoms with E-state index in [1.165, 1.54) is 0 Å². The molecule has 0 spiro atoms. The molecule has 1 saturated heterocycles. The SMILES string of the molecule is CCC(CNC(=NC)NCCN1CCOCC1)Oc1ccccc1Cl.I. The van der Waals surface area contributed by atoms with E-state index in [2.05, 4.69) is 27.4 Å². The quantitative estimate of drug-likeness (QED) is 0.329. The van der Waals surface area contributed by atoms with Gasteiger partial charge in [0.25, 0.3) is 0 Å². The van der Waals surface area contributed by atoms with E-state index < -0.39 is 0 Å². The fourth-order valence-electron chi connectivity index (χ4n) is 2.58. The summed E-state index contributed by atoms with van der Waals surface area (Å²) in [6.07, 6.45) is 0.904. The monoisotopic (exact) mass is 496 g/mol. The van der Waals surface area contributed by atoms with E-state index in [0.717, 1.165) is 51.8 Å². The smallest absolute Gasteiger partial charge is 0.191 e. The molecule has 26 heavy (non-hydrogen) atoms. The van der Waals surface area contributed by atoms with Gasteiger partial charge in [-0.3, -0.25) is 9.89 Å². The number of para-hydroxylation sites is 1. The number of aliphatic imine (C=N–C) groups is 1. The lowest BCUT2D eigenvalue weighted by molar-refractivity contribution is 0.0389. The van der Waals surface area contributed by atoms with Crippen LogP contribution in [0.3, 0.4) is 0 Å². The number of hydrogen-bond acceptors (Lipinski definition) is 4. The molecule has 2 N–H and O–H groups in total. The van der Waals surface area contributed by atoms with Crippen LogP contribution in [0.25, 0.3) is 0 Å². The Bertz CT molecular complexity index is 542. The minimum atomic E-state index is 0. The first-order chi connectivity index (χ1) is 12.2. The van der Waals surface area contributed by atoms with Gasteiger partial charge in [-0.15, -0.1) is 24.0 Å². The number of nitrogens with zero attached hydrogens (tertiary/aromatic N) is 2. The number of rotatable bonds is 8. The fourth-order valence-corrected chi connectivity index (χ4v) is 2.76. The molecule has 1 aliphatic rings. The predicted molar refractivity (Wildman–Crippen MR) is 118 cm³/mol. The third-order valence-corrected chi connectivity index (χ3v) is 4.44. The minimum absolute atomic E-state index is 0. The minimum Gasteiger partial charge on any atom is -0.487 e. The Labute approximate surface area is 178 Å². The fraction of sp³-hybridized carbons (Fsp3) is 0.611. The molecule has 8 heteroatoms. The van der Waals surface area contributed by atoms with Gasteiger partial charge in [0.05, 0.1) is 24.8 Å². The van der Waals surface area contributed by atoms with Crippen LogP contribution in [-0.4, -0.2) is 69.9 Å². The van der Waals surface area contributed by atoms with Gasteiger partial charge in [-0.25, -0.2) is 0 Å². The van der Waals surface area contributed by atoms with Crippen molar-refractivity contribution in [2.24, 2.45) is 4.99 Å². The highest BCUT2D eigenvalue weighted by atomic mass is 127. The van der Waals surface area contributed by atoms with E-state index in [0.29, 0.717) is 17.3 Å². The van der Waals surface area contributed by atoms with Gasteiger partial charge < -0.3 is 20.1 Å². The second kappa shape index (κ2) is 13.4. The third kappa shape index (κ3) is 8.28. The molecule has 1 aromatic rings. The number of morpholine rings is 1. The standard InChI is InChI=1S/C18H29ClN4O2.HI/c1-3-15(25-17-7-5-4-6-16(17)19)14-22-18(20-2)21-8-9-23-10-12-24-13-11-23;/h4-7,15H,3,8-14H2,1-2H3,(H2,20,21,22);1H. The van der Waals surface area contributed by atoms with Crippen molar-refractivity contribution in [3.8, 4) is 5.75 Å². The Morgan fingerprint density at radius 1 is 1.31 bits per heavy atom. The van der Waals surface area contributed by atoms with Crippen molar-refractivity contribution in [3.05, 3.63) is 29.3 Å². The molecule has 1 unspecified atom stereocenters. The Balaban J connectivity index is 0.00000338. The van der Waals surface area contributed by atoms with Gasteiger partial charge in [0.1, 0.15) is 11.9 Å². The van der Waals surface area contributed by atoms with Crippen molar-refractivity contribution in [1.29, 1.82) is 0 Å². The Morgan fingerprint density at radius 3 is 2.69 bits per heavy atom. The van der Waals surface area contributed by atoms with Gasteiger partial charge in [0.2, 0.25) is 0 Å². The summed E-state index contributed by atoms with van der Waals surface area (Å²) >= 11 is 6.16. The molecule has 1 fully saturated rings. The van der Waals surface area contributed by atoms with Crippen LogP contribution in [0.15, 0.2) is 29.3 Å². The summed E-state index contributed by atoms with van der Waals surface area (Å²) in [5.74, 6) is 1.50. The molecule has 0 saturated carbocycles. The second-order valence-corrected chi connectivity index (χ2v) is 6.32. The lowest BCUT2D eigenvalue weighted by atomic mass is 10.2. The van der Waals surface area contributed by atoms with Gasteiger partial charge in [-0.2, -0.15) is 0 Å². The van der Waals surface area contributed by atoms with Crippen LogP contribution in [-0.2, 0) is 4.74 Å². The number of halogens is 2. The normalized spacial score (nSPS) is 16.5. The molecule has 0 bridgehead atoms. The van der Waals surface area contributed by atoms with E-state index in [1.807, 2.05) is 24.3 Å². The Hall–Kier alpha value is -0.770. The van der Waals surface area contributed by atoms with Crippen LogP contribution in [0.1, 0.15) is 13.3 Å². The molecule has 0 amide bonds. The molecule has 0 aromatic heterocycles. The largest absolute Gasteiger partial charge is 0.487 e. The topological polar surface area (TPSA) is 58.1 Å². The summed E-state index contributed by atoms with van der Waals surface area (Å²) in [7, 11) is 1.78.